The summed E-state index contributed by atoms with van der Waals surface area (Å²) < 4.78 is 0. The van der Waals surface area contributed by atoms with Crippen molar-refractivity contribution in [2.24, 2.45) is 0 Å². The molecule has 18 heavy (non-hydrogen) atoms. The van der Waals surface area contributed by atoms with E-state index in [-0.39, 0.29) is 0 Å². The van der Waals surface area contributed by atoms with Gasteiger partial charge in [0, 0.05) is 6.54 Å². The number of carbonyl (C=O) groups excluding carboxylic acids is 1. The van der Waals surface area contributed by atoms with Gasteiger partial charge < -0.3 is 0 Å². The van der Waals surface area contributed by atoms with E-state index in [0.717, 1.165) is 38.6 Å². The van der Waals surface area contributed by atoms with E-state index < -0.39 is 5.66 Å². The zero-order chi connectivity index (χ0) is 14.0. The Hall–Kier alpha value is -0.930. The lowest BCUT2D eigenvalue weighted by atomic mass is 10.1. The summed E-state index contributed by atoms with van der Waals surface area (Å²) in [7, 11) is 1.97. The van der Waals surface area contributed by atoms with E-state index in [1.165, 1.54) is 5.57 Å². The molecule has 0 aliphatic heterocycles. The number of nitrogens with zero attached hydrogens (tertiary/aromatic N) is 1. The summed E-state index contributed by atoms with van der Waals surface area (Å²) in [4.78, 5) is 13.3. The molecule has 0 aromatic carbocycles. The van der Waals surface area contributed by atoms with Crippen LogP contribution in [0.4, 0.5) is 0 Å². The molecule has 0 aliphatic carbocycles. The quantitative estimate of drug-likeness (QED) is 0.281. The van der Waals surface area contributed by atoms with Gasteiger partial charge in [0.05, 0.1) is 0 Å². The Balaban J connectivity index is 4.26. The minimum absolute atomic E-state index is 0.565. The van der Waals surface area contributed by atoms with E-state index in [9.17, 15) is 4.79 Å². The first kappa shape index (κ1) is 17.1. The summed E-state index contributed by atoms with van der Waals surface area (Å²) in [5.74, 6) is 0. The van der Waals surface area contributed by atoms with Crippen molar-refractivity contribution in [1.82, 2.24) is 10.2 Å². The molecule has 0 amide bonds. The molecular formula is C15H28N2O. The molecule has 0 aromatic rings. The Bertz CT molecular complexity index is 286. The van der Waals surface area contributed by atoms with Crippen LogP contribution in [-0.4, -0.2) is 37.0 Å². The van der Waals surface area contributed by atoms with Gasteiger partial charge in [0.1, 0.15) is 5.66 Å². The molecule has 0 saturated carbocycles. The third kappa shape index (κ3) is 5.61. The summed E-state index contributed by atoms with van der Waals surface area (Å²) in [6.07, 6.45) is 8.01. The molecule has 0 rings (SSSR count). The van der Waals surface area contributed by atoms with Crippen molar-refractivity contribution in [2.45, 2.75) is 45.7 Å². The highest BCUT2D eigenvalue weighted by Gasteiger charge is 2.26. The summed E-state index contributed by atoms with van der Waals surface area (Å²) in [5, 5.41) is 3.31. The predicted molar refractivity (Wildman–Crippen MR) is 78.6 cm³/mol. The fourth-order valence-corrected chi connectivity index (χ4v) is 1.79. The molecule has 0 fully saturated rings. The van der Waals surface area contributed by atoms with Gasteiger partial charge in [-0.2, -0.15) is 0 Å². The number of hydrogen-bond donors (Lipinski definition) is 1. The maximum atomic E-state index is 11.2. The van der Waals surface area contributed by atoms with Gasteiger partial charge in [0.2, 0.25) is 0 Å². The smallest absolute Gasteiger partial charge is 0.154 e. The molecule has 104 valence electrons. The standard InChI is InChI=1S/C15H28N2O/c1-6-12-17(5)15(4,13-18)16-11-9-10-14(7-2)8-3/h7,10,13,16H,2,6,8-9,11-12H2,1,3-5H3/b14-10-. The Labute approximate surface area is 112 Å². The largest absolute Gasteiger partial charge is 0.300 e. The SMILES string of the molecule is C=C/C(=C/CCNC(C)(C=O)N(C)CCC)CC. The Kier molecular flexibility index (Phi) is 8.59. The number of aldehydes is 1. The van der Waals surface area contributed by atoms with Crippen LogP contribution >= 0.6 is 0 Å². The van der Waals surface area contributed by atoms with Crippen molar-refractivity contribution in [3.05, 3.63) is 24.3 Å². The highest BCUT2D eigenvalue weighted by Crippen LogP contribution is 2.08. The molecule has 0 aliphatic rings. The van der Waals surface area contributed by atoms with Crippen molar-refractivity contribution in [3.63, 3.8) is 0 Å². The fraction of sp³-hybridized carbons (Fsp3) is 0.667. The summed E-state index contributed by atoms with van der Waals surface area (Å²) in [5.41, 5.74) is 0.691. The second-order valence-electron chi connectivity index (χ2n) is 4.74. The Morgan fingerprint density at radius 2 is 2.11 bits per heavy atom. The van der Waals surface area contributed by atoms with Gasteiger partial charge in [0.25, 0.3) is 0 Å². The second kappa shape index (κ2) is 9.06. The van der Waals surface area contributed by atoms with Crippen LogP contribution in [0.2, 0.25) is 0 Å². The molecule has 0 heterocycles. The number of allylic oxidation sites excluding steroid dienone is 2. The molecule has 3 nitrogen and oxygen atoms in total. The van der Waals surface area contributed by atoms with Gasteiger partial charge >= 0.3 is 0 Å². The molecular weight excluding hydrogens is 224 g/mol. The molecule has 0 bridgehead atoms. The fourth-order valence-electron chi connectivity index (χ4n) is 1.79. The van der Waals surface area contributed by atoms with Crippen LogP contribution in [0.15, 0.2) is 24.3 Å². The van der Waals surface area contributed by atoms with Crippen molar-refractivity contribution < 1.29 is 4.79 Å². The van der Waals surface area contributed by atoms with E-state index in [0.29, 0.717) is 0 Å². The topological polar surface area (TPSA) is 32.3 Å². The average Bonchev–Trinajstić information content (AvgIpc) is 2.39. The van der Waals surface area contributed by atoms with E-state index >= 15 is 0 Å². The summed E-state index contributed by atoms with van der Waals surface area (Å²) >= 11 is 0. The van der Waals surface area contributed by atoms with Gasteiger partial charge in [0.15, 0.2) is 6.29 Å². The minimum atomic E-state index is -0.565. The molecule has 1 unspecified atom stereocenters. The molecule has 1 N–H and O–H groups in total. The lowest BCUT2D eigenvalue weighted by Crippen LogP contribution is -2.57. The zero-order valence-electron chi connectivity index (χ0n) is 12.3. The first-order valence-electron chi connectivity index (χ1n) is 6.78. The Morgan fingerprint density at radius 3 is 2.56 bits per heavy atom. The number of rotatable bonds is 10. The van der Waals surface area contributed by atoms with Crippen LogP contribution < -0.4 is 5.32 Å². The maximum Gasteiger partial charge on any atom is 0.154 e. The lowest BCUT2D eigenvalue weighted by Gasteiger charge is -2.34. The molecule has 1 atom stereocenters. The lowest BCUT2D eigenvalue weighted by molar-refractivity contribution is -0.118. The van der Waals surface area contributed by atoms with E-state index in [1.54, 1.807) is 0 Å². The van der Waals surface area contributed by atoms with Gasteiger partial charge in [-0.1, -0.05) is 38.2 Å². The van der Waals surface area contributed by atoms with Crippen molar-refractivity contribution >= 4 is 6.29 Å². The number of nitrogens with one attached hydrogen (secondary N) is 1. The van der Waals surface area contributed by atoms with E-state index in [1.807, 2.05) is 20.0 Å². The van der Waals surface area contributed by atoms with E-state index in [4.69, 9.17) is 0 Å². The van der Waals surface area contributed by atoms with Crippen molar-refractivity contribution in [1.29, 1.82) is 0 Å². The van der Waals surface area contributed by atoms with Gasteiger partial charge in [-0.3, -0.25) is 15.0 Å². The number of carbonyl (C=O) groups is 1. The van der Waals surface area contributed by atoms with Crippen LogP contribution in [0.3, 0.4) is 0 Å². The highest BCUT2D eigenvalue weighted by molar-refractivity contribution is 5.62. The first-order chi connectivity index (χ1) is 8.53. The van der Waals surface area contributed by atoms with Crippen LogP contribution in [0.5, 0.6) is 0 Å². The third-order valence-electron chi connectivity index (χ3n) is 3.29. The van der Waals surface area contributed by atoms with Gasteiger partial charge in [-0.15, -0.1) is 0 Å². The maximum absolute atomic E-state index is 11.2. The predicted octanol–water partition coefficient (Wildman–Crippen LogP) is 2.75. The van der Waals surface area contributed by atoms with Crippen LogP contribution in [0, 0.1) is 0 Å². The summed E-state index contributed by atoms with van der Waals surface area (Å²) in [6, 6.07) is 0. The van der Waals surface area contributed by atoms with Crippen molar-refractivity contribution in [2.75, 3.05) is 20.1 Å². The number of likely N-dealkylation sites (N-methyl/N-ethyl adjacent to an activating group) is 1. The van der Waals surface area contributed by atoms with E-state index in [2.05, 4.69) is 36.7 Å². The molecule has 3 heteroatoms. The highest BCUT2D eigenvalue weighted by atomic mass is 16.1. The van der Waals surface area contributed by atoms with Crippen LogP contribution in [-0.2, 0) is 4.79 Å². The van der Waals surface area contributed by atoms with Gasteiger partial charge in [-0.05, 0) is 39.8 Å². The monoisotopic (exact) mass is 252 g/mol. The molecule has 0 spiro atoms. The van der Waals surface area contributed by atoms with Crippen LogP contribution in [0.1, 0.15) is 40.0 Å². The first-order valence-corrected chi connectivity index (χ1v) is 6.78. The van der Waals surface area contributed by atoms with Crippen molar-refractivity contribution in [3.8, 4) is 0 Å². The zero-order valence-corrected chi connectivity index (χ0v) is 12.3. The Morgan fingerprint density at radius 1 is 1.44 bits per heavy atom. The third-order valence-corrected chi connectivity index (χ3v) is 3.29. The van der Waals surface area contributed by atoms with Gasteiger partial charge in [-0.25, -0.2) is 0 Å². The normalized spacial score (nSPS) is 15.5. The minimum Gasteiger partial charge on any atom is -0.300 e. The molecule has 0 radical (unpaired) electrons. The summed E-state index contributed by atoms with van der Waals surface area (Å²) in [6.45, 7) is 11.6. The molecule has 0 aromatic heterocycles. The second-order valence-corrected chi connectivity index (χ2v) is 4.74. The average molecular weight is 252 g/mol. The molecule has 0 saturated heterocycles. The number of hydrogen-bond acceptors (Lipinski definition) is 3. The van der Waals surface area contributed by atoms with Crippen LogP contribution in [0.25, 0.3) is 0 Å².